The number of fused-ring (bicyclic) bond motifs is 1. The van der Waals surface area contributed by atoms with Crippen LogP contribution in [0.1, 0.15) is 12.7 Å². The predicted molar refractivity (Wildman–Crippen MR) is 59.4 cm³/mol. The molecule has 1 N–H and O–H groups in total. The van der Waals surface area contributed by atoms with E-state index in [1.165, 1.54) is 0 Å². The number of nitrogens with zero attached hydrogens (tertiary/aromatic N) is 1. The fourth-order valence-electron chi connectivity index (χ4n) is 1.37. The highest BCUT2D eigenvalue weighted by Gasteiger charge is 2.05. The van der Waals surface area contributed by atoms with Crippen molar-refractivity contribution in [3.05, 3.63) is 38.9 Å². The van der Waals surface area contributed by atoms with Gasteiger partial charge in [0, 0.05) is 10.9 Å². The Hall–Kier alpha value is -1.16. The molecule has 0 aliphatic rings. The largest absolute Gasteiger partial charge is 0.310 e. The van der Waals surface area contributed by atoms with Crippen molar-refractivity contribution in [2.45, 2.75) is 13.3 Å². The molecule has 14 heavy (non-hydrogen) atoms. The lowest BCUT2D eigenvalue weighted by molar-refractivity contribution is 0.944. The van der Waals surface area contributed by atoms with Crippen LogP contribution in [0, 0.1) is 0 Å². The Balaban J connectivity index is 2.90. The Labute approximate surface area is 89.3 Å². The van der Waals surface area contributed by atoms with Gasteiger partial charge in [-0.3, -0.25) is 4.79 Å². The average Bonchev–Trinajstić information content (AvgIpc) is 2.17. The number of aryl methyl sites for hydroxylation is 1. The first-order valence-corrected chi connectivity index (χ1v) is 5.19. The molecule has 0 atom stereocenters. The second-order valence-corrected chi connectivity index (χ2v) is 3.85. The molecular weight excluding hydrogens is 244 g/mol. The van der Waals surface area contributed by atoms with Gasteiger partial charge in [-0.15, -0.1) is 0 Å². The van der Waals surface area contributed by atoms with Crippen LogP contribution in [0.4, 0.5) is 0 Å². The molecule has 2 aromatic rings. The second kappa shape index (κ2) is 3.53. The Bertz CT molecular complexity index is 533. The number of rotatable bonds is 1. The Morgan fingerprint density at radius 3 is 3.00 bits per heavy atom. The first-order valence-electron chi connectivity index (χ1n) is 4.39. The Kier molecular flexibility index (Phi) is 2.37. The third kappa shape index (κ3) is 1.46. The van der Waals surface area contributed by atoms with E-state index in [4.69, 9.17) is 0 Å². The number of aromatic amines is 1. The van der Waals surface area contributed by atoms with E-state index in [1.807, 2.05) is 25.1 Å². The summed E-state index contributed by atoms with van der Waals surface area (Å²) in [5.74, 6) is 0.723. The third-order valence-electron chi connectivity index (χ3n) is 2.07. The molecule has 0 saturated heterocycles. The molecule has 0 aliphatic heterocycles. The van der Waals surface area contributed by atoms with Gasteiger partial charge in [0.05, 0.1) is 10.9 Å². The number of aromatic nitrogens is 2. The van der Waals surface area contributed by atoms with Crippen molar-refractivity contribution in [1.82, 2.24) is 9.97 Å². The van der Waals surface area contributed by atoms with Crippen molar-refractivity contribution < 1.29 is 0 Å². The smallest absolute Gasteiger partial charge is 0.259 e. The van der Waals surface area contributed by atoms with Crippen LogP contribution in [0.5, 0.6) is 0 Å². The first kappa shape index (κ1) is 9.40. The lowest BCUT2D eigenvalue weighted by Gasteiger charge is -2.01. The van der Waals surface area contributed by atoms with Gasteiger partial charge in [0.25, 0.3) is 5.56 Å². The van der Waals surface area contributed by atoms with Crippen LogP contribution < -0.4 is 5.56 Å². The minimum absolute atomic E-state index is 0.0840. The fraction of sp³-hybridized carbons (Fsp3) is 0.200. The summed E-state index contributed by atoms with van der Waals surface area (Å²) in [7, 11) is 0. The molecule has 0 aliphatic carbocycles. The maximum Gasteiger partial charge on any atom is 0.259 e. The minimum Gasteiger partial charge on any atom is -0.310 e. The van der Waals surface area contributed by atoms with Gasteiger partial charge >= 0.3 is 0 Å². The van der Waals surface area contributed by atoms with Gasteiger partial charge < -0.3 is 4.98 Å². The summed E-state index contributed by atoms with van der Waals surface area (Å²) in [4.78, 5) is 18.7. The highest BCUT2D eigenvalue weighted by molar-refractivity contribution is 9.10. The van der Waals surface area contributed by atoms with Gasteiger partial charge in [0.2, 0.25) is 0 Å². The van der Waals surface area contributed by atoms with Crippen LogP contribution in [0.15, 0.2) is 27.5 Å². The fourth-order valence-corrected chi connectivity index (χ4v) is 1.90. The second-order valence-electron chi connectivity index (χ2n) is 3.00. The normalized spacial score (nSPS) is 10.7. The van der Waals surface area contributed by atoms with Crippen molar-refractivity contribution in [3.63, 3.8) is 0 Å². The highest BCUT2D eigenvalue weighted by Crippen LogP contribution is 2.18. The molecule has 0 radical (unpaired) electrons. The van der Waals surface area contributed by atoms with Crippen molar-refractivity contribution in [2.24, 2.45) is 0 Å². The molecule has 1 heterocycles. The van der Waals surface area contributed by atoms with Gasteiger partial charge in [0.1, 0.15) is 5.82 Å². The number of halogens is 1. The van der Waals surface area contributed by atoms with E-state index in [1.54, 1.807) is 0 Å². The number of hydrogen-bond donors (Lipinski definition) is 1. The molecule has 2 rings (SSSR count). The average molecular weight is 253 g/mol. The van der Waals surface area contributed by atoms with Gasteiger partial charge in [-0.2, -0.15) is 0 Å². The van der Waals surface area contributed by atoms with Gasteiger partial charge in [0.15, 0.2) is 0 Å². The summed E-state index contributed by atoms with van der Waals surface area (Å²) in [5, 5.41) is 0.615. The van der Waals surface area contributed by atoms with Crippen LogP contribution in [0.25, 0.3) is 10.9 Å². The zero-order valence-electron chi connectivity index (χ0n) is 7.67. The highest BCUT2D eigenvalue weighted by atomic mass is 79.9. The quantitative estimate of drug-likeness (QED) is 0.847. The molecule has 72 valence electrons. The number of hydrogen-bond acceptors (Lipinski definition) is 2. The zero-order valence-corrected chi connectivity index (χ0v) is 9.26. The molecule has 0 fully saturated rings. The van der Waals surface area contributed by atoms with Crippen LogP contribution >= 0.6 is 15.9 Å². The van der Waals surface area contributed by atoms with Crippen LogP contribution in [0.3, 0.4) is 0 Å². The lowest BCUT2D eigenvalue weighted by atomic mass is 10.2. The zero-order chi connectivity index (χ0) is 10.1. The van der Waals surface area contributed by atoms with Crippen molar-refractivity contribution in [2.75, 3.05) is 0 Å². The standard InChI is InChI=1S/C10H9BrN2O/c1-2-8-12-7-5-3-4-6(11)9(7)10(14)13-8/h3-5H,2H2,1H3,(H,12,13,14). The summed E-state index contributed by atoms with van der Waals surface area (Å²) in [6.45, 7) is 1.96. The molecule has 0 saturated carbocycles. The molecule has 4 heteroatoms. The third-order valence-corrected chi connectivity index (χ3v) is 2.73. The molecule has 3 nitrogen and oxygen atoms in total. The monoisotopic (exact) mass is 252 g/mol. The molecule has 0 spiro atoms. The SMILES string of the molecule is CCc1nc2cccc(Br)c2c(=O)[nH]1. The predicted octanol–water partition coefficient (Wildman–Crippen LogP) is 2.25. The molecule has 0 bridgehead atoms. The van der Waals surface area contributed by atoms with E-state index in [-0.39, 0.29) is 5.56 Å². The summed E-state index contributed by atoms with van der Waals surface area (Å²) in [6, 6.07) is 5.55. The molecule has 0 amide bonds. The van der Waals surface area contributed by atoms with E-state index >= 15 is 0 Å². The van der Waals surface area contributed by atoms with Crippen molar-refractivity contribution in [1.29, 1.82) is 0 Å². The first-order chi connectivity index (χ1) is 6.72. The maximum absolute atomic E-state index is 11.7. The van der Waals surface area contributed by atoms with E-state index < -0.39 is 0 Å². The van der Waals surface area contributed by atoms with E-state index in [9.17, 15) is 4.79 Å². The Morgan fingerprint density at radius 1 is 1.50 bits per heavy atom. The molecule has 1 aromatic carbocycles. The van der Waals surface area contributed by atoms with Crippen molar-refractivity contribution in [3.8, 4) is 0 Å². The summed E-state index contributed by atoms with van der Waals surface area (Å²) < 4.78 is 0.784. The van der Waals surface area contributed by atoms with Gasteiger partial charge in [-0.1, -0.05) is 13.0 Å². The Morgan fingerprint density at radius 2 is 2.29 bits per heavy atom. The van der Waals surface area contributed by atoms with E-state index in [0.29, 0.717) is 5.39 Å². The van der Waals surface area contributed by atoms with Gasteiger partial charge in [-0.05, 0) is 28.1 Å². The number of nitrogens with one attached hydrogen (secondary N) is 1. The van der Waals surface area contributed by atoms with Gasteiger partial charge in [-0.25, -0.2) is 4.98 Å². The van der Waals surface area contributed by atoms with Crippen LogP contribution in [-0.2, 0) is 6.42 Å². The molecule has 0 unspecified atom stereocenters. The molecular formula is C10H9BrN2O. The molecule has 1 aromatic heterocycles. The van der Waals surface area contributed by atoms with E-state index in [0.717, 1.165) is 22.2 Å². The van der Waals surface area contributed by atoms with Crippen LogP contribution in [-0.4, -0.2) is 9.97 Å². The lowest BCUT2D eigenvalue weighted by Crippen LogP contribution is -2.11. The topological polar surface area (TPSA) is 45.8 Å². The minimum atomic E-state index is -0.0840. The summed E-state index contributed by atoms with van der Waals surface area (Å²) in [5.41, 5.74) is 0.652. The summed E-state index contributed by atoms with van der Waals surface area (Å²) in [6.07, 6.45) is 0.734. The summed E-state index contributed by atoms with van der Waals surface area (Å²) >= 11 is 3.33. The van der Waals surface area contributed by atoms with Crippen LogP contribution in [0.2, 0.25) is 0 Å². The van der Waals surface area contributed by atoms with E-state index in [2.05, 4.69) is 25.9 Å². The van der Waals surface area contributed by atoms with Crippen molar-refractivity contribution >= 4 is 26.8 Å². The number of H-pyrrole nitrogens is 1. The maximum atomic E-state index is 11.7. The number of benzene rings is 1.